The molecule has 1 heterocycles. The molecule has 0 aliphatic rings. The lowest BCUT2D eigenvalue weighted by molar-refractivity contribution is -0.139. The van der Waals surface area contributed by atoms with Crippen molar-refractivity contribution in [3.05, 3.63) is 83.6 Å². The molecule has 3 aromatic rings. The molecule has 23 heavy (non-hydrogen) atoms. The summed E-state index contributed by atoms with van der Waals surface area (Å²) in [5.74, 6) is -1.28. The molecule has 0 saturated carbocycles. The first kappa shape index (κ1) is 14.9. The van der Waals surface area contributed by atoms with Gasteiger partial charge in [-0.2, -0.15) is 0 Å². The molecule has 0 fully saturated rings. The Morgan fingerprint density at radius 1 is 0.913 bits per heavy atom. The number of aliphatic carboxylic acids is 1. The zero-order valence-corrected chi connectivity index (χ0v) is 12.2. The van der Waals surface area contributed by atoms with Gasteiger partial charge < -0.3 is 15.3 Å². The van der Waals surface area contributed by atoms with Gasteiger partial charge in [-0.25, -0.2) is 4.79 Å². The maximum atomic E-state index is 11.0. The van der Waals surface area contributed by atoms with E-state index in [0.29, 0.717) is 5.89 Å². The summed E-state index contributed by atoms with van der Waals surface area (Å²) in [4.78, 5) is 11.0. The van der Waals surface area contributed by atoms with Crippen LogP contribution in [0.4, 0.5) is 0 Å². The Balaban J connectivity index is 2.05. The molecule has 6 heteroatoms. The first-order chi connectivity index (χ1) is 11.2. The summed E-state index contributed by atoms with van der Waals surface area (Å²) in [7, 11) is 0. The van der Waals surface area contributed by atoms with E-state index in [2.05, 4.69) is 10.2 Å². The van der Waals surface area contributed by atoms with E-state index in [1.54, 1.807) is 0 Å². The Kier molecular flexibility index (Phi) is 4.16. The average molecular weight is 309 g/mol. The van der Waals surface area contributed by atoms with Gasteiger partial charge in [-0.15, -0.1) is 10.2 Å². The Morgan fingerprint density at radius 3 is 1.87 bits per heavy atom. The number of nitrogens with two attached hydrogens (primary N) is 1. The number of nitrogens with zero attached hydrogens (tertiary/aromatic N) is 2. The third-order valence-electron chi connectivity index (χ3n) is 3.50. The van der Waals surface area contributed by atoms with E-state index in [-0.39, 0.29) is 11.8 Å². The third kappa shape index (κ3) is 3.12. The summed E-state index contributed by atoms with van der Waals surface area (Å²) in [6, 6.07) is 18.0. The van der Waals surface area contributed by atoms with Gasteiger partial charge in [0.05, 0.1) is 5.92 Å². The Morgan fingerprint density at radius 2 is 1.39 bits per heavy atom. The summed E-state index contributed by atoms with van der Waals surface area (Å²) >= 11 is 0. The zero-order chi connectivity index (χ0) is 16.2. The largest absolute Gasteiger partial charge is 0.480 e. The fourth-order valence-electron chi connectivity index (χ4n) is 2.36. The van der Waals surface area contributed by atoms with E-state index in [4.69, 9.17) is 15.3 Å². The Labute approximate surface area is 132 Å². The fraction of sp³-hybridized carbons (Fsp3) is 0.118. The maximum Gasteiger partial charge on any atom is 0.330 e. The lowest BCUT2D eigenvalue weighted by Gasteiger charge is -2.14. The van der Waals surface area contributed by atoms with Crippen molar-refractivity contribution in [3.63, 3.8) is 0 Å². The van der Waals surface area contributed by atoms with Crippen LogP contribution in [-0.4, -0.2) is 21.3 Å². The van der Waals surface area contributed by atoms with Crippen molar-refractivity contribution in [1.82, 2.24) is 10.2 Å². The minimum absolute atomic E-state index is 0.107. The normalized spacial score (nSPS) is 12.3. The minimum Gasteiger partial charge on any atom is -0.480 e. The van der Waals surface area contributed by atoms with Crippen molar-refractivity contribution < 1.29 is 14.3 Å². The molecule has 2 aromatic carbocycles. The van der Waals surface area contributed by atoms with E-state index in [1.807, 2.05) is 60.7 Å². The molecule has 0 amide bonds. The van der Waals surface area contributed by atoms with Crippen LogP contribution < -0.4 is 5.73 Å². The van der Waals surface area contributed by atoms with Gasteiger partial charge in [-0.05, 0) is 11.1 Å². The summed E-state index contributed by atoms with van der Waals surface area (Å²) in [5.41, 5.74) is 7.47. The molecule has 6 nitrogen and oxygen atoms in total. The molecule has 116 valence electrons. The van der Waals surface area contributed by atoms with Gasteiger partial charge in [0, 0.05) is 0 Å². The zero-order valence-electron chi connectivity index (χ0n) is 12.2. The van der Waals surface area contributed by atoms with Crippen LogP contribution in [0, 0.1) is 0 Å². The predicted molar refractivity (Wildman–Crippen MR) is 82.7 cm³/mol. The van der Waals surface area contributed by atoms with Crippen LogP contribution in [0.5, 0.6) is 0 Å². The van der Waals surface area contributed by atoms with Gasteiger partial charge >= 0.3 is 5.97 Å². The number of rotatable bonds is 5. The van der Waals surface area contributed by atoms with Gasteiger partial charge in [0.25, 0.3) is 0 Å². The molecule has 0 spiro atoms. The minimum atomic E-state index is -1.33. The number of benzene rings is 2. The molecule has 0 aliphatic carbocycles. The summed E-state index contributed by atoms with van der Waals surface area (Å²) < 4.78 is 5.55. The number of carbonyl (C=O) groups is 1. The van der Waals surface area contributed by atoms with Gasteiger partial charge in [0.1, 0.15) is 0 Å². The van der Waals surface area contributed by atoms with Gasteiger partial charge in [0.15, 0.2) is 6.04 Å². The summed E-state index contributed by atoms with van der Waals surface area (Å²) in [6.45, 7) is 0. The van der Waals surface area contributed by atoms with Crippen LogP contribution in [0.1, 0.15) is 34.9 Å². The highest BCUT2D eigenvalue weighted by atomic mass is 16.4. The molecular formula is C17H15N3O3. The standard InChI is InChI=1S/C17H15N3O3/c18-14(17(21)22)16-20-19-15(23-16)13(11-7-3-1-4-8-11)12-9-5-2-6-10-12/h1-10,13-14H,18H2,(H,21,22). The molecule has 0 aliphatic heterocycles. The topological polar surface area (TPSA) is 102 Å². The SMILES string of the molecule is NC(C(=O)O)c1nnc(C(c2ccccc2)c2ccccc2)o1. The maximum absolute atomic E-state index is 11.0. The van der Waals surface area contributed by atoms with Crippen molar-refractivity contribution in [1.29, 1.82) is 0 Å². The van der Waals surface area contributed by atoms with Crippen molar-refractivity contribution in [2.75, 3.05) is 0 Å². The Hall–Kier alpha value is -2.99. The van der Waals surface area contributed by atoms with Crippen molar-refractivity contribution >= 4 is 5.97 Å². The van der Waals surface area contributed by atoms with E-state index < -0.39 is 12.0 Å². The van der Waals surface area contributed by atoms with Crippen molar-refractivity contribution in [2.45, 2.75) is 12.0 Å². The third-order valence-corrected chi connectivity index (χ3v) is 3.50. The second kappa shape index (κ2) is 6.41. The molecule has 0 saturated heterocycles. The second-order valence-corrected chi connectivity index (χ2v) is 5.05. The van der Waals surface area contributed by atoms with Crippen LogP contribution in [-0.2, 0) is 4.79 Å². The van der Waals surface area contributed by atoms with E-state index in [0.717, 1.165) is 11.1 Å². The van der Waals surface area contributed by atoms with Crippen LogP contribution >= 0.6 is 0 Å². The lowest BCUT2D eigenvalue weighted by Crippen LogP contribution is -2.20. The second-order valence-electron chi connectivity index (χ2n) is 5.05. The number of carboxylic acids is 1. The predicted octanol–water partition coefficient (Wildman–Crippen LogP) is 2.33. The number of aromatic nitrogens is 2. The van der Waals surface area contributed by atoms with Gasteiger partial charge in [0.2, 0.25) is 11.8 Å². The molecule has 0 radical (unpaired) electrons. The molecular weight excluding hydrogens is 294 g/mol. The lowest BCUT2D eigenvalue weighted by atomic mass is 9.91. The van der Waals surface area contributed by atoms with Gasteiger partial charge in [-0.3, -0.25) is 0 Å². The highest BCUT2D eigenvalue weighted by Crippen LogP contribution is 2.31. The first-order valence-electron chi connectivity index (χ1n) is 7.08. The van der Waals surface area contributed by atoms with Crippen molar-refractivity contribution in [2.24, 2.45) is 5.73 Å². The molecule has 1 atom stereocenters. The van der Waals surface area contributed by atoms with Crippen LogP contribution in [0.2, 0.25) is 0 Å². The fourth-order valence-corrected chi connectivity index (χ4v) is 2.36. The van der Waals surface area contributed by atoms with E-state index >= 15 is 0 Å². The highest BCUT2D eigenvalue weighted by Gasteiger charge is 2.26. The quantitative estimate of drug-likeness (QED) is 0.750. The summed E-state index contributed by atoms with van der Waals surface area (Å²) in [6.07, 6.45) is 0. The monoisotopic (exact) mass is 309 g/mol. The van der Waals surface area contributed by atoms with Gasteiger partial charge in [-0.1, -0.05) is 60.7 Å². The van der Waals surface area contributed by atoms with Crippen LogP contribution in [0.25, 0.3) is 0 Å². The average Bonchev–Trinajstić information content (AvgIpc) is 3.06. The number of carboxylic acid groups (broad SMARTS) is 1. The molecule has 0 bridgehead atoms. The van der Waals surface area contributed by atoms with E-state index in [9.17, 15) is 4.79 Å². The summed E-state index contributed by atoms with van der Waals surface area (Å²) in [5, 5.41) is 16.8. The molecule has 3 N–H and O–H groups in total. The highest BCUT2D eigenvalue weighted by molar-refractivity contribution is 5.73. The first-order valence-corrected chi connectivity index (χ1v) is 7.08. The smallest absolute Gasteiger partial charge is 0.330 e. The molecule has 1 aromatic heterocycles. The molecule has 3 rings (SSSR count). The van der Waals surface area contributed by atoms with Crippen molar-refractivity contribution in [3.8, 4) is 0 Å². The Bertz CT molecular complexity index is 748. The number of hydrogen-bond acceptors (Lipinski definition) is 5. The van der Waals surface area contributed by atoms with Crippen LogP contribution in [0.15, 0.2) is 65.1 Å². The number of hydrogen-bond donors (Lipinski definition) is 2. The van der Waals surface area contributed by atoms with Crippen LogP contribution in [0.3, 0.4) is 0 Å². The van der Waals surface area contributed by atoms with E-state index in [1.165, 1.54) is 0 Å². The molecule has 1 unspecified atom stereocenters.